The van der Waals surface area contributed by atoms with Gasteiger partial charge in [-0.15, -0.1) is 0 Å². The fraction of sp³-hybridized carbons (Fsp3) is 0.269. The van der Waals surface area contributed by atoms with Crippen molar-refractivity contribution in [2.45, 2.75) is 29.9 Å². The van der Waals surface area contributed by atoms with E-state index >= 15 is 0 Å². The van der Waals surface area contributed by atoms with E-state index < -0.39 is 15.1 Å². The van der Waals surface area contributed by atoms with Crippen molar-refractivity contribution in [1.82, 2.24) is 0 Å². The molecular weight excluding hydrogens is 515 g/mol. The highest BCUT2D eigenvalue weighted by Gasteiger charge is 2.42. The van der Waals surface area contributed by atoms with Crippen LogP contribution in [0.1, 0.15) is 39.2 Å². The first-order valence-corrected chi connectivity index (χ1v) is 13.5. The Morgan fingerprint density at radius 1 is 1.00 bits per heavy atom. The number of carbonyl (C=O) groups is 1. The molecule has 0 saturated carbocycles. The van der Waals surface area contributed by atoms with Gasteiger partial charge < -0.3 is 5.11 Å². The quantitative estimate of drug-likeness (QED) is 0.370. The van der Waals surface area contributed by atoms with Gasteiger partial charge in [0.2, 0.25) is 0 Å². The second-order valence-electron chi connectivity index (χ2n) is 8.66. The first-order valence-electron chi connectivity index (χ1n) is 10.8. The Labute approximate surface area is 214 Å². The monoisotopic (exact) mass is 536 g/mol. The molecule has 0 bridgehead atoms. The SMILES string of the molecule is C[C@@H]1C(S(=O)(=O)c2cccc(Cl)c2)c2cc(CC(=O)c3c(Cl)cccc3Cl)ccc2C[C@H]1CO. The number of halogens is 3. The van der Waals surface area contributed by atoms with E-state index in [1.165, 1.54) is 12.1 Å². The molecule has 0 aliphatic heterocycles. The Kier molecular flexibility index (Phi) is 7.41. The number of fused-ring (bicyclic) bond motifs is 1. The van der Waals surface area contributed by atoms with Gasteiger partial charge >= 0.3 is 0 Å². The molecule has 34 heavy (non-hydrogen) atoms. The van der Waals surface area contributed by atoms with Crippen LogP contribution in [0.5, 0.6) is 0 Å². The molecule has 178 valence electrons. The average Bonchev–Trinajstić information content (AvgIpc) is 2.78. The molecule has 0 aromatic heterocycles. The highest BCUT2D eigenvalue weighted by atomic mass is 35.5. The number of benzene rings is 3. The van der Waals surface area contributed by atoms with Crippen molar-refractivity contribution >= 4 is 50.4 Å². The summed E-state index contributed by atoms with van der Waals surface area (Å²) in [5.41, 5.74) is 2.41. The van der Waals surface area contributed by atoms with Crippen LogP contribution in [0, 0.1) is 11.8 Å². The van der Waals surface area contributed by atoms with Crippen LogP contribution in [-0.2, 0) is 22.7 Å². The summed E-state index contributed by atoms with van der Waals surface area (Å²) >= 11 is 18.5. The van der Waals surface area contributed by atoms with E-state index in [0.717, 1.165) is 5.56 Å². The van der Waals surface area contributed by atoms with E-state index in [1.54, 1.807) is 36.4 Å². The van der Waals surface area contributed by atoms with E-state index in [-0.39, 0.29) is 51.2 Å². The lowest BCUT2D eigenvalue weighted by molar-refractivity contribution is 0.0993. The molecule has 0 radical (unpaired) electrons. The lowest BCUT2D eigenvalue weighted by Crippen LogP contribution is -2.34. The zero-order valence-corrected chi connectivity index (χ0v) is 21.4. The van der Waals surface area contributed by atoms with E-state index in [9.17, 15) is 18.3 Å². The number of aliphatic hydroxyl groups excluding tert-OH is 1. The van der Waals surface area contributed by atoms with Crippen LogP contribution in [0.4, 0.5) is 0 Å². The van der Waals surface area contributed by atoms with Crippen molar-refractivity contribution in [3.05, 3.63) is 98.0 Å². The molecule has 1 N–H and O–H groups in total. The third-order valence-corrected chi connectivity index (χ3v) is 9.65. The van der Waals surface area contributed by atoms with Crippen LogP contribution >= 0.6 is 34.8 Å². The minimum Gasteiger partial charge on any atom is -0.396 e. The topological polar surface area (TPSA) is 71.4 Å². The van der Waals surface area contributed by atoms with E-state index in [2.05, 4.69) is 0 Å². The number of aliphatic hydroxyl groups is 1. The maximum absolute atomic E-state index is 13.8. The molecule has 0 spiro atoms. The Balaban J connectivity index is 1.77. The fourth-order valence-corrected chi connectivity index (χ4v) is 7.77. The number of hydrogen-bond donors (Lipinski definition) is 1. The molecule has 0 fully saturated rings. The Hall–Kier alpha value is -1.89. The summed E-state index contributed by atoms with van der Waals surface area (Å²) < 4.78 is 27.6. The van der Waals surface area contributed by atoms with Gasteiger partial charge in [0.05, 0.1) is 25.8 Å². The first kappa shape index (κ1) is 25.2. The number of rotatable bonds is 6. The van der Waals surface area contributed by atoms with Gasteiger partial charge in [0.15, 0.2) is 15.6 Å². The van der Waals surface area contributed by atoms with Crippen molar-refractivity contribution < 1.29 is 18.3 Å². The maximum atomic E-state index is 13.8. The van der Waals surface area contributed by atoms with E-state index in [4.69, 9.17) is 34.8 Å². The van der Waals surface area contributed by atoms with Gasteiger partial charge in [-0.1, -0.05) is 72.1 Å². The van der Waals surface area contributed by atoms with Crippen molar-refractivity contribution in [3.63, 3.8) is 0 Å². The van der Waals surface area contributed by atoms with Gasteiger partial charge in [0.1, 0.15) is 0 Å². The molecule has 0 amide bonds. The lowest BCUT2D eigenvalue weighted by atomic mass is 9.76. The standard InChI is InChI=1S/C26H23Cl3O4S/c1-15-18(14-30)12-17-9-8-16(11-24(31)25-22(28)6-3-7-23(25)29)10-21(17)26(15)34(32,33)20-5-2-4-19(27)13-20/h2-10,13,15,18,26,30H,11-12,14H2,1H3/t15-,18-,26?/m0/s1. The Morgan fingerprint density at radius 3 is 2.32 bits per heavy atom. The van der Waals surface area contributed by atoms with Gasteiger partial charge in [0.25, 0.3) is 0 Å². The largest absolute Gasteiger partial charge is 0.396 e. The lowest BCUT2D eigenvalue weighted by Gasteiger charge is -2.37. The molecule has 3 aromatic carbocycles. The highest BCUT2D eigenvalue weighted by Crippen LogP contribution is 2.45. The van der Waals surface area contributed by atoms with Crippen LogP contribution in [0.15, 0.2) is 65.6 Å². The van der Waals surface area contributed by atoms with Crippen molar-refractivity contribution in [2.24, 2.45) is 11.8 Å². The Morgan fingerprint density at radius 2 is 1.68 bits per heavy atom. The number of sulfone groups is 1. The van der Waals surface area contributed by atoms with E-state index in [1.807, 2.05) is 19.1 Å². The summed E-state index contributed by atoms with van der Waals surface area (Å²) in [7, 11) is -3.82. The minimum absolute atomic E-state index is 0.0263. The zero-order valence-electron chi connectivity index (χ0n) is 18.3. The van der Waals surface area contributed by atoms with Crippen LogP contribution in [0.2, 0.25) is 15.1 Å². The van der Waals surface area contributed by atoms with Gasteiger partial charge in [-0.25, -0.2) is 8.42 Å². The normalized spacial score (nSPS) is 20.1. The molecule has 1 aliphatic rings. The summed E-state index contributed by atoms with van der Waals surface area (Å²) in [6.45, 7) is 1.73. The Bertz CT molecular complexity index is 1330. The number of ketones is 1. The number of Topliss-reactive ketones (excluding diaryl/α,β-unsaturated/α-hetero) is 1. The van der Waals surface area contributed by atoms with Crippen LogP contribution in [0.3, 0.4) is 0 Å². The minimum atomic E-state index is -3.82. The summed E-state index contributed by atoms with van der Waals surface area (Å²) in [5.74, 6) is -0.798. The summed E-state index contributed by atoms with van der Waals surface area (Å²) in [5, 5.41) is 9.95. The third kappa shape index (κ3) is 4.77. The van der Waals surface area contributed by atoms with Gasteiger partial charge in [-0.3, -0.25) is 4.79 Å². The number of hydrogen-bond acceptors (Lipinski definition) is 4. The maximum Gasteiger partial charge on any atom is 0.185 e. The molecule has 3 aromatic rings. The second kappa shape index (κ2) is 10.00. The fourth-order valence-electron chi connectivity index (χ4n) is 4.71. The third-order valence-electron chi connectivity index (χ3n) is 6.52. The second-order valence-corrected chi connectivity index (χ2v) is 12.0. The first-order chi connectivity index (χ1) is 16.1. The molecule has 4 rings (SSSR count). The predicted molar refractivity (Wildman–Crippen MR) is 136 cm³/mol. The van der Waals surface area contributed by atoms with Crippen LogP contribution in [-0.4, -0.2) is 25.9 Å². The molecule has 4 nitrogen and oxygen atoms in total. The van der Waals surface area contributed by atoms with Crippen molar-refractivity contribution in [3.8, 4) is 0 Å². The summed E-state index contributed by atoms with van der Waals surface area (Å²) in [4.78, 5) is 13.1. The van der Waals surface area contributed by atoms with E-state index in [0.29, 0.717) is 22.6 Å². The smallest absolute Gasteiger partial charge is 0.185 e. The van der Waals surface area contributed by atoms with Crippen molar-refractivity contribution in [1.29, 1.82) is 0 Å². The molecule has 3 atom stereocenters. The molecular formula is C26H23Cl3O4S. The van der Waals surface area contributed by atoms with Crippen LogP contribution < -0.4 is 0 Å². The molecule has 1 aliphatic carbocycles. The average molecular weight is 538 g/mol. The predicted octanol–water partition coefficient (Wildman–Crippen LogP) is 6.39. The molecule has 1 unspecified atom stereocenters. The van der Waals surface area contributed by atoms with Gasteiger partial charge in [0, 0.05) is 18.1 Å². The highest BCUT2D eigenvalue weighted by molar-refractivity contribution is 7.91. The van der Waals surface area contributed by atoms with Crippen molar-refractivity contribution in [2.75, 3.05) is 6.61 Å². The summed E-state index contributed by atoms with van der Waals surface area (Å²) in [6.07, 6.45) is 0.581. The summed E-state index contributed by atoms with van der Waals surface area (Å²) in [6, 6.07) is 16.5. The number of carbonyl (C=O) groups excluding carboxylic acids is 1. The van der Waals surface area contributed by atoms with Gasteiger partial charge in [-0.05, 0) is 65.3 Å². The van der Waals surface area contributed by atoms with Crippen LogP contribution in [0.25, 0.3) is 0 Å². The molecule has 0 heterocycles. The zero-order chi connectivity index (χ0) is 24.6. The molecule has 0 saturated heterocycles. The van der Waals surface area contributed by atoms with Gasteiger partial charge in [-0.2, -0.15) is 0 Å². The molecule has 8 heteroatoms.